The van der Waals surface area contributed by atoms with Crippen molar-refractivity contribution in [2.45, 2.75) is 51.5 Å². The zero-order valence-corrected chi connectivity index (χ0v) is 11.1. The summed E-state index contributed by atoms with van der Waals surface area (Å²) in [6, 6.07) is 4.05. The van der Waals surface area contributed by atoms with Crippen molar-refractivity contribution in [1.82, 2.24) is 0 Å². The van der Waals surface area contributed by atoms with Gasteiger partial charge in [0.2, 0.25) is 0 Å². The molecule has 1 atom stereocenters. The molecule has 0 fully saturated rings. The van der Waals surface area contributed by atoms with Crippen LogP contribution in [-0.2, 0) is 6.42 Å². The Balaban J connectivity index is 2.59. The van der Waals surface area contributed by atoms with E-state index in [9.17, 15) is 0 Å². The van der Waals surface area contributed by atoms with Gasteiger partial charge in [-0.3, -0.25) is 0 Å². The summed E-state index contributed by atoms with van der Waals surface area (Å²) in [6.07, 6.45) is 5.52. The first kappa shape index (κ1) is 13.0. The summed E-state index contributed by atoms with van der Waals surface area (Å²) in [5.74, 6) is 0. The fourth-order valence-electron chi connectivity index (χ4n) is 1.71. The minimum absolute atomic E-state index is 0.0375. The van der Waals surface area contributed by atoms with E-state index < -0.39 is 0 Å². The highest BCUT2D eigenvalue weighted by Gasteiger charge is 2.23. The van der Waals surface area contributed by atoms with Crippen molar-refractivity contribution < 1.29 is 0 Å². The van der Waals surface area contributed by atoms with Gasteiger partial charge in [-0.2, -0.15) is 0 Å². The number of nitrogens with two attached hydrogens (primary N) is 1. The topological polar surface area (TPSA) is 26.0 Å². The van der Waals surface area contributed by atoms with E-state index in [1.54, 1.807) is 11.3 Å². The summed E-state index contributed by atoms with van der Waals surface area (Å²) in [5.41, 5.74) is 6.35. The SMILES string of the molecule is CCCCC(N)(CC)Cc1ccc(Cl)s1. The van der Waals surface area contributed by atoms with Crippen LogP contribution in [0.3, 0.4) is 0 Å². The Bertz CT molecular complexity index is 298. The van der Waals surface area contributed by atoms with Gasteiger partial charge in [0.1, 0.15) is 0 Å². The van der Waals surface area contributed by atoms with E-state index in [1.807, 2.05) is 6.07 Å². The van der Waals surface area contributed by atoms with Crippen molar-refractivity contribution in [3.05, 3.63) is 21.3 Å². The largest absolute Gasteiger partial charge is 0.325 e. The van der Waals surface area contributed by atoms with Crippen LogP contribution in [0.15, 0.2) is 12.1 Å². The third-order valence-corrected chi connectivity index (χ3v) is 4.12. The lowest BCUT2D eigenvalue weighted by molar-refractivity contribution is 0.367. The monoisotopic (exact) mass is 245 g/mol. The molecule has 86 valence electrons. The van der Waals surface area contributed by atoms with Crippen LogP contribution in [0, 0.1) is 0 Å². The molecule has 1 aromatic rings. The van der Waals surface area contributed by atoms with E-state index >= 15 is 0 Å². The van der Waals surface area contributed by atoms with E-state index in [-0.39, 0.29) is 5.54 Å². The maximum absolute atomic E-state index is 6.39. The van der Waals surface area contributed by atoms with Crippen LogP contribution in [0.2, 0.25) is 4.34 Å². The maximum atomic E-state index is 6.39. The van der Waals surface area contributed by atoms with Crippen molar-refractivity contribution in [2.24, 2.45) is 5.73 Å². The Kier molecular flexibility index (Phi) is 5.10. The Morgan fingerprint density at radius 1 is 1.40 bits per heavy atom. The van der Waals surface area contributed by atoms with Gasteiger partial charge in [0.25, 0.3) is 0 Å². The van der Waals surface area contributed by atoms with E-state index in [0.717, 1.165) is 23.6 Å². The van der Waals surface area contributed by atoms with Gasteiger partial charge >= 0.3 is 0 Å². The van der Waals surface area contributed by atoms with Gasteiger partial charge in [-0.05, 0) is 31.4 Å². The van der Waals surface area contributed by atoms with Crippen molar-refractivity contribution in [1.29, 1.82) is 0 Å². The van der Waals surface area contributed by atoms with Gasteiger partial charge in [0.05, 0.1) is 4.34 Å². The quantitative estimate of drug-likeness (QED) is 0.797. The first-order chi connectivity index (χ1) is 7.09. The third-order valence-electron chi connectivity index (χ3n) is 2.89. The molecule has 1 heterocycles. The van der Waals surface area contributed by atoms with Crippen LogP contribution in [0.1, 0.15) is 44.4 Å². The molecule has 0 saturated carbocycles. The molecule has 1 nitrogen and oxygen atoms in total. The smallest absolute Gasteiger partial charge is 0.0931 e. The summed E-state index contributed by atoms with van der Waals surface area (Å²) < 4.78 is 0.860. The Labute approximate surface area is 102 Å². The second-order valence-corrected chi connectivity index (χ2v) is 6.00. The predicted octanol–water partition coefficient (Wildman–Crippen LogP) is 4.24. The molecule has 2 N–H and O–H groups in total. The maximum Gasteiger partial charge on any atom is 0.0931 e. The highest BCUT2D eigenvalue weighted by atomic mass is 35.5. The highest BCUT2D eigenvalue weighted by molar-refractivity contribution is 7.16. The minimum Gasteiger partial charge on any atom is -0.325 e. The second kappa shape index (κ2) is 5.88. The zero-order valence-electron chi connectivity index (χ0n) is 9.55. The molecular formula is C12H20ClNS. The lowest BCUT2D eigenvalue weighted by atomic mass is 9.87. The summed E-state index contributed by atoms with van der Waals surface area (Å²) in [6.45, 7) is 4.38. The fraction of sp³-hybridized carbons (Fsp3) is 0.667. The average molecular weight is 246 g/mol. The summed E-state index contributed by atoms with van der Waals surface area (Å²) >= 11 is 7.56. The van der Waals surface area contributed by atoms with Gasteiger partial charge in [0, 0.05) is 10.4 Å². The second-order valence-electron chi connectivity index (χ2n) is 4.20. The molecule has 0 aromatic carbocycles. The van der Waals surface area contributed by atoms with Crippen LogP contribution in [0.4, 0.5) is 0 Å². The molecule has 0 aliphatic carbocycles. The van der Waals surface area contributed by atoms with Crippen molar-refractivity contribution in [2.75, 3.05) is 0 Å². The van der Waals surface area contributed by atoms with Crippen molar-refractivity contribution in [3.8, 4) is 0 Å². The third kappa shape index (κ3) is 4.13. The molecular weight excluding hydrogens is 226 g/mol. The van der Waals surface area contributed by atoms with Crippen LogP contribution in [0.5, 0.6) is 0 Å². The van der Waals surface area contributed by atoms with Crippen LogP contribution in [0.25, 0.3) is 0 Å². The molecule has 0 bridgehead atoms. The van der Waals surface area contributed by atoms with Crippen LogP contribution in [-0.4, -0.2) is 5.54 Å². The fourth-order valence-corrected chi connectivity index (χ4v) is 2.96. The van der Waals surface area contributed by atoms with Gasteiger partial charge < -0.3 is 5.73 Å². The molecule has 0 amide bonds. The summed E-state index contributed by atoms with van der Waals surface area (Å²) in [4.78, 5) is 1.31. The summed E-state index contributed by atoms with van der Waals surface area (Å²) in [7, 11) is 0. The molecule has 0 aliphatic heterocycles. The average Bonchev–Trinajstić information content (AvgIpc) is 2.61. The number of unbranched alkanes of at least 4 members (excludes halogenated alkanes) is 1. The van der Waals surface area contributed by atoms with Crippen LogP contribution >= 0.6 is 22.9 Å². The molecule has 1 unspecified atom stereocenters. The predicted molar refractivity (Wildman–Crippen MR) is 69.8 cm³/mol. The van der Waals surface area contributed by atoms with E-state index in [4.69, 9.17) is 17.3 Å². The van der Waals surface area contributed by atoms with Gasteiger partial charge in [-0.25, -0.2) is 0 Å². The van der Waals surface area contributed by atoms with E-state index in [0.29, 0.717) is 0 Å². The normalized spacial score (nSPS) is 15.2. The van der Waals surface area contributed by atoms with E-state index in [1.165, 1.54) is 17.7 Å². The van der Waals surface area contributed by atoms with Gasteiger partial charge in [-0.1, -0.05) is 38.3 Å². The Morgan fingerprint density at radius 3 is 2.60 bits per heavy atom. The molecule has 1 aromatic heterocycles. The van der Waals surface area contributed by atoms with Gasteiger partial charge in [-0.15, -0.1) is 11.3 Å². The number of thiophene rings is 1. The zero-order chi connectivity index (χ0) is 11.3. The first-order valence-corrected chi connectivity index (χ1v) is 6.82. The summed E-state index contributed by atoms with van der Waals surface area (Å²) in [5, 5.41) is 0. The highest BCUT2D eigenvalue weighted by Crippen LogP contribution is 2.27. The Morgan fingerprint density at radius 2 is 2.13 bits per heavy atom. The first-order valence-electron chi connectivity index (χ1n) is 5.63. The molecule has 0 spiro atoms. The lowest BCUT2D eigenvalue weighted by Gasteiger charge is -2.27. The molecule has 15 heavy (non-hydrogen) atoms. The Hall–Kier alpha value is -0.0500. The molecule has 0 aliphatic rings. The van der Waals surface area contributed by atoms with E-state index in [2.05, 4.69) is 19.9 Å². The number of hydrogen-bond acceptors (Lipinski definition) is 2. The minimum atomic E-state index is -0.0375. The van der Waals surface area contributed by atoms with Gasteiger partial charge in [0.15, 0.2) is 0 Å². The molecule has 0 radical (unpaired) electrons. The number of hydrogen-bond donors (Lipinski definition) is 1. The van der Waals surface area contributed by atoms with Crippen molar-refractivity contribution in [3.63, 3.8) is 0 Å². The number of rotatable bonds is 6. The standard InChI is InChI=1S/C12H20ClNS/c1-3-5-8-12(14,4-2)9-10-6-7-11(13)15-10/h6-7H,3-5,8-9,14H2,1-2H3. The number of halogens is 1. The van der Waals surface area contributed by atoms with Crippen molar-refractivity contribution >= 4 is 22.9 Å². The lowest BCUT2D eigenvalue weighted by Crippen LogP contribution is -2.41. The molecule has 3 heteroatoms. The molecule has 1 rings (SSSR count). The molecule has 0 saturated heterocycles. The van der Waals surface area contributed by atoms with Crippen LogP contribution < -0.4 is 5.73 Å².